The van der Waals surface area contributed by atoms with Crippen LogP contribution in [0.1, 0.15) is 0 Å². The molecule has 0 aliphatic heterocycles. The summed E-state index contributed by atoms with van der Waals surface area (Å²) in [5.41, 5.74) is 0.124. The summed E-state index contributed by atoms with van der Waals surface area (Å²) in [7, 11) is -9.19. The molecule has 2 aromatic carbocycles. The van der Waals surface area contributed by atoms with Gasteiger partial charge < -0.3 is 5.11 Å². The summed E-state index contributed by atoms with van der Waals surface area (Å²) in [6.07, 6.45) is 0. The highest BCUT2D eigenvalue weighted by Crippen LogP contribution is 2.32. The molecule has 2 rings (SSSR count). The van der Waals surface area contributed by atoms with Crippen LogP contribution in [0.3, 0.4) is 0 Å². The maximum atomic E-state index is 11.3. The van der Waals surface area contributed by atoms with Crippen molar-refractivity contribution < 1.29 is 31.0 Å². The highest BCUT2D eigenvalue weighted by molar-refractivity contribution is 7.86. The van der Waals surface area contributed by atoms with Crippen molar-refractivity contribution in [2.24, 2.45) is 0 Å². The molecule has 0 bridgehead atoms. The van der Waals surface area contributed by atoms with Crippen molar-refractivity contribution in [2.75, 3.05) is 0 Å². The third-order valence-electron chi connectivity index (χ3n) is 2.71. The van der Waals surface area contributed by atoms with E-state index in [9.17, 15) is 26.5 Å². The molecule has 7 nitrogen and oxygen atoms in total. The summed E-state index contributed by atoms with van der Waals surface area (Å²) in [6.45, 7) is 0. The van der Waals surface area contributed by atoms with E-state index in [4.69, 9.17) is 4.55 Å². The lowest BCUT2D eigenvalue weighted by molar-refractivity contribution is 0.443. The molecule has 3 N–H and O–H groups in total. The van der Waals surface area contributed by atoms with E-state index < -0.39 is 35.8 Å². The van der Waals surface area contributed by atoms with Gasteiger partial charge in [0.1, 0.15) is 15.5 Å². The molecule has 112 valence electrons. The minimum atomic E-state index is -4.67. The minimum Gasteiger partial charge on any atom is -0.506 e. The third kappa shape index (κ3) is 3.22. The Balaban J connectivity index is 2.76. The molecule has 0 fully saturated rings. The Morgan fingerprint density at radius 1 is 0.762 bits per heavy atom. The van der Waals surface area contributed by atoms with Gasteiger partial charge in [0.15, 0.2) is 0 Å². The number of hydrogen-bond donors (Lipinski definition) is 3. The highest BCUT2D eigenvalue weighted by atomic mass is 32.2. The second-order valence-corrected chi connectivity index (χ2v) is 6.91. The molecule has 0 aliphatic rings. The van der Waals surface area contributed by atoms with E-state index >= 15 is 0 Å². The Hall–Kier alpha value is -1.94. The van der Waals surface area contributed by atoms with Crippen molar-refractivity contribution in [3.05, 3.63) is 42.5 Å². The number of rotatable bonds is 3. The lowest BCUT2D eigenvalue weighted by atomic mass is 10.1. The summed E-state index contributed by atoms with van der Waals surface area (Å²) >= 11 is 0. The lowest BCUT2D eigenvalue weighted by Gasteiger charge is -2.09. The monoisotopic (exact) mass is 330 g/mol. The van der Waals surface area contributed by atoms with Crippen LogP contribution in [0.25, 0.3) is 11.1 Å². The average Bonchev–Trinajstić information content (AvgIpc) is 2.37. The summed E-state index contributed by atoms with van der Waals surface area (Å²) in [6, 6.07) is 8.54. The van der Waals surface area contributed by atoms with E-state index in [1.807, 2.05) is 0 Å². The molecule has 0 spiro atoms. The van der Waals surface area contributed by atoms with Gasteiger partial charge in [-0.1, -0.05) is 24.3 Å². The van der Waals surface area contributed by atoms with Gasteiger partial charge in [0.05, 0.1) is 0 Å². The second-order valence-electron chi connectivity index (χ2n) is 4.13. The zero-order valence-corrected chi connectivity index (χ0v) is 12.0. The Kier molecular flexibility index (Phi) is 3.76. The molecule has 0 aromatic heterocycles. The summed E-state index contributed by atoms with van der Waals surface area (Å²) in [5.74, 6) is -0.675. The Morgan fingerprint density at radius 2 is 1.33 bits per heavy atom. The molecule has 0 saturated carbocycles. The lowest BCUT2D eigenvalue weighted by Crippen LogP contribution is -2.02. The number of aromatic hydroxyl groups is 1. The molecule has 0 heterocycles. The molecule has 9 heteroatoms. The van der Waals surface area contributed by atoms with Crippen molar-refractivity contribution in [1.29, 1.82) is 0 Å². The van der Waals surface area contributed by atoms with E-state index in [0.29, 0.717) is 0 Å². The molecule has 0 aliphatic carbocycles. The summed E-state index contributed by atoms with van der Waals surface area (Å²) in [4.78, 5) is -1.18. The molecule has 2 aromatic rings. The zero-order valence-electron chi connectivity index (χ0n) is 10.3. The van der Waals surface area contributed by atoms with Crippen LogP contribution in [0.15, 0.2) is 52.3 Å². The maximum absolute atomic E-state index is 11.3. The predicted octanol–water partition coefficient (Wildman–Crippen LogP) is 1.55. The van der Waals surface area contributed by atoms with Gasteiger partial charge in [0, 0.05) is 5.56 Å². The van der Waals surface area contributed by atoms with Gasteiger partial charge in [0.2, 0.25) is 0 Å². The molecule has 0 saturated heterocycles. The van der Waals surface area contributed by atoms with E-state index in [-0.39, 0.29) is 11.1 Å². The standard InChI is InChI=1S/C12H10O7S2/c13-10-6-5-8(7-12(10)21(17,18)19)9-3-1-2-4-11(9)20(14,15)16/h1-7,13H,(H,14,15,16)(H,17,18,19). The van der Waals surface area contributed by atoms with Crippen LogP contribution >= 0.6 is 0 Å². The smallest absolute Gasteiger partial charge is 0.298 e. The average molecular weight is 330 g/mol. The normalized spacial score (nSPS) is 12.3. The minimum absolute atomic E-state index is 0.0323. The molecule has 0 amide bonds. The molecule has 21 heavy (non-hydrogen) atoms. The summed E-state index contributed by atoms with van der Waals surface area (Å²) < 4.78 is 63.1. The van der Waals surface area contributed by atoms with Gasteiger partial charge >= 0.3 is 0 Å². The number of phenolic OH excluding ortho intramolecular Hbond substituents is 1. The van der Waals surface area contributed by atoms with Gasteiger partial charge in [-0.15, -0.1) is 0 Å². The topological polar surface area (TPSA) is 129 Å². The van der Waals surface area contributed by atoms with Crippen LogP contribution in [0.5, 0.6) is 5.75 Å². The van der Waals surface area contributed by atoms with Crippen molar-refractivity contribution in [1.82, 2.24) is 0 Å². The van der Waals surface area contributed by atoms with Gasteiger partial charge in [-0.05, 0) is 23.8 Å². The zero-order chi connectivity index (χ0) is 15.8. The number of benzene rings is 2. The first kappa shape index (κ1) is 15.4. The van der Waals surface area contributed by atoms with E-state index in [2.05, 4.69) is 0 Å². The predicted molar refractivity (Wildman–Crippen MR) is 73.2 cm³/mol. The molecular formula is C12H10O7S2. The first-order valence-corrected chi connectivity index (χ1v) is 8.36. The van der Waals surface area contributed by atoms with Crippen LogP contribution in [-0.2, 0) is 20.2 Å². The largest absolute Gasteiger partial charge is 0.506 e. The van der Waals surface area contributed by atoms with E-state index in [0.717, 1.165) is 18.2 Å². The molecule has 0 atom stereocenters. The van der Waals surface area contributed by atoms with Crippen molar-refractivity contribution in [3.63, 3.8) is 0 Å². The number of hydrogen-bond acceptors (Lipinski definition) is 5. The molecule has 0 radical (unpaired) electrons. The quantitative estimate of drug-likeness (QED) is 0.728. The van der Waals surface area contributed by atoms with Crippen LogP contribution < -0.4 is 0 Å². The van der Waals surface area contributed by atoms with E-state index in [1.54, 1.807) is 0 Å². The van der Waals surface area contributed by atoms with Gasteiger partial charge in [-0.3, -0.25) is 9.11 Å². The van der Waals surface area contributed by atoms with Crippen molar-refractivity contribution >= 4 is 20.2 Å². The second kappa shape index (κ2) is 5.11. The van der Waals surface area contributed by atoms with Crippen LogP contribution in [-0.4, -0.2) is 31.0 Å². The maximum Gasteiger partial charge on any atom is 0.298 e. The van der Waals surface area contributed by atoms with Crippen LogP contribution in [0.4, 0.5) is 0 Å². The first-order chi connectivity index (χ1) is 9.60. The van der Waals surface area contributed by atoms with Crippen LogP contribution in [0.2, 0.25) is 0 Å². The molecule has 0 unspecified atom stereocenters. The Labute approximate surface area is 121 Å². The van der Waals surface area contributed by atoms with Gasteiger partial charge in [0.25, 0.3) is 20.2 Å². The third-order valence-corrected chi connectivity index (χ3v) is 4.51. The van der Waals surface area contributed by atoms with Crippen LogP contribution in [0, 0.1) is 0 Å². The van der Waals surface area contributed by atoms with Crippen molar-refractivity contribution in [2.45, 2.75) is 9.79 Å². The SMILES string of the molecule is O=S(=O)(O)c1cc(-c2ccccc2S(=O)(=O)O)ccc1O. The van der Waals surface area contributed by atoms with Crippen molar-refractivity contribution in [3.8, 4) is 16.9 Å². The first-order valence-electron chi connectivity index (χ1n) is 5.48. The van der Waals surface area contributed by atoms with Gasteiger partial charge in [-0.2, -0.15) is 16.8 Å². The molecular weight excluding hydrogens is 320 g/mol. The fraction of sp³-hybridized carbons (Fsp3) is 0. The number of phenols is 1. The van der Waals surface area contributed by atoms with Gasteiger partial charge in [-0.25, -0.2) is 0 Å². The van der Waals surface area contributed by atoms with E-state index in [1.165, 1.54) is 24.3 Å². The fourth-order valence-corrected chi connectivity index (χ4v) is 3.14. The fourth-order valence-electron chi connectivity index (χ4n) is 1.82. The highest BCUT2D eigenvalue weighted by Gasteiger charge is 2.20. The summed E-state index contributed by atoms with van der Waals surface area (Å²) in [5, 5.41) is 9.44. The Bertz CT molecular complexity index is 899. The Morgan fingerprint density at radius 3 is 1.90 bits per heavy atom.